The maximum atomic E-state index is 5.96. The van der Waals surface area contributed by atoms with Gasteiger partial charge in [0.2, 0.25) is 5.82 Å². The summed E-state index contributed by atoms with van der Waals surface area (Å²) in [6.07, 6.45) is 5.69. The average Bonchev–Trinajstić information content (AvgIpc) is 3.06. The molecule has 0 aliphatic heterocycles. The van der Waals surface area contributed by atoms with E-state index >= 15 is 0 Å². The lowest BCUT2D eigenvalue weighted by Crippen LogP contribution is -1.87. The summed E-state index contributed by atoms with van der Waals surface area (Å²) in [5.74, 6) is 0.820. The van der Waals surface area contributed by atoms with Crippen molar-refractivity contribution < 1.29 is 4.52 Å². The Hall–Kier alpha value is -2.28. The summed E-state index contributed by atoms with van der Waals surface area (Å²) < 4.78 is 5.24. The Morgan fingerprint density at radius 3 is 2.95 bits per heavy atom. The van der Waals surface area contributed by atoms with Gasteiger partial charge in [-0.1, -0.05) is 12.1 Å². The van der Waals surface area contributed by atoms with E-state index in [1.807, 2.05) is 6.07 Å². The standard InChI is InChI=1S/C12H11N5OS/c1-2-7-5-8(10(13)19-7)12-16-11(17-18-12)9-6-14-3-4-15-9/h3-6H,2,13H2,1H3. The number of nitrogens with zero attached hydrogens (tertiary/aromatic N) is 4. The lowest BCUT2D eigenvalue weighted by molar-refractivity contribution is 0.432. The van der Waals surface area contributed by atoms with Crippen molar-refractivity contribution in [2.45, 2.75) is 13.3 Å². The fourth-order valence-electron chi connectivity index (χ4n) is 1.65. The highest BCUT2D eigenvalue weighted by atomic mass is 32.1. The number of nitrogen functional groups attached to an aromatic ring is 1. The molecule has 0 fully saturated rings. The molecule has 3 aromatic heterocycles. The Kier molecular flexibility index (Phi) is 2.96. The first-order chi connectivity index (χ1) is 9.28. The normalized spacial score (nSPS) is 10.8. The molecule has 0 aliphatic carbocycles. The molecule has 0 saturated carbocycles. The zero-order valence-corrected chi connectivity index (χ0v) is 11.0. The molecule has 6 nitrogen and oxygen atoms in total. The minimum Gasteiger partial charge on any atom is -0.390 e. The third-order valence-corrected chi connectivity index (χ3v) is 3.72. The molecule has 2 N–H and O–H groups in total. The van der Waals surface area contributed by atoms with Gasteiger partial charge in [0.15, 0.2) is 0 Å². The molecule has 0 radical (unpaired) electrons. The molecule has 3 rings (SSSR count). The van der Waals surface area contributed by atoms with Crippen molar-refractivity contribution in [2.24, 2.45) is 0 Å². The fourth-order valence-corrected chi connectivity index (χ4v) is 2.51. The summed E-state index contributed by atoms with van der Waals surface area (Å²) in [5, 5.41) is 4.59. The van der Waals surface area contributed by atoms with Crippen LogP contribution in [-0.2, 0) is 6.42 Å². The van der Waals surface area contributed by atoms with Gasteiger partial charge in [0.1, 0.15) is 5.69 Å². The first-order valence-corrected chi connectivity index (χ1v) is 6.58. The summed E-state index contributed by atoms with van der Waals surface area (Å²) in [6, 6.07) is 1.98. The van der Waals surface area contributed by atoms with Gasteiger partial charge in [-0.25, -0.2) is 4.98 Å². The molecule has 19 heavy (non-hydrogen) atoms. The molecule has 7 heteroatoms. The molecule has 3 aromatic rings. The molecule has 0 amide bonds. The summed E-state index contributed by atoms with van der Waals surface area (Å²) in [6.45, 7) is 2.08. The van der Waals surface area contributed by atoms with Crippen molar-refractivity contribution in [3.63, 3.8) is 0 Å². The molecule has 96 valence electrons. The van der Waals surface area contributed by atoms with Crippen LogP contribution in [0.4, 0.5) is 5.00 Å². The van der Waals surface area contributed by atoms with Crippen LogP contribution >= 0.6 is 11.3 Å². The predicted molar refractivity (Wildman–Crippen MR) is 72.4 cm³/mol. The van der Waals surface area contributed by atoms with Crippen molar-refractivity contribution in [3.8, 4) is 23.0 Å². The number of hydrogen-bond donors (Lipinski definition) is 1. The third kappa shape index (κ3) is 2.19. The maximum Gasteiger partial charge on any atom is 0.261 e. The van der Waals surface area contributed by atoms with E-state index in [9.17, 15) is 0 Å². The van der Waals surface area contributed by atoms with Crippen LogP contribution in [-0.4, -0.2) is 20.1 Å². The van der Waals surface area contributed by atoms with Gasteiger partial charge < -0.3 is 10.3 Å². The number of thiophene rings is 1. The van der Waals surface area contributed by atoms with Crippen LogP contribution in [0.5, 0.6) is 0 Å². The molecular formula is C12H11N5OS. The number of aromatic nitrogens is 4. The summed E-state index contributed by atoms with van der Waals surface area (Å²) in [4.78, 5) is 13.6. The van der Waals surface area contributed by atoms with Gasteiger partial charge in [0.05, 0.1) is 16.8 Å². The molecule has 0 unspecified atom stereocenters. The van der Waals surface area contributed by atoms with Crippen LogP contribution in [0.1, 0.15) is 11.8 Å². The van der Waals surface area contributed by atoms with Crippen LogP contribution in [0.25, 0.3) is 23.0 Å². The van der Waals surface area contributed by atoms with Crippen molar-refractivity contribution >= 4 is 16.3 Å². The first-order valence-electron chi connectivity index (χ1n) is 5.76. The molecule has 0 bridgehead atoms. The fraction of sp³-hybridized carbons (Fsp3) is 0.167. The Morgan fingerprint density at radius 2 is 2.26 bits per heavy atom. The SMILES string of the molecule is CCc1cc(-c2nc(-c3cnccn3)no2)c(N)s1. The number of nitrogens with two attached hydrogens (primary N) is 1. The molecule has 0 saturated heterocycles. The van der Waals surface area contributed by atoms with Crippen molar-refractivity contribution in [3.05, 3.63) is 29.5 Å². The van der Waals surface area contributed by atoms with Crippen LogP contribution < -0.4 is 5.73 Å². The van der Waals surface area contributed by atoms with E-state index < -0.39 is 0 Å². The Bertz CT molecular complexity index is 691. The molecule has 3 heterocycles. The van der Waals surface area contributed by atoms with Gasteiger partial charge in [0, 0.05) is 17.3 Å². The van der Waals surface area contributed by atoms with Gasteiger partial charge in [-0.15, -0.1) is 11.3 Å². The van der Waals surface area contributed by atoms with Gasteiger partial charge in [-0.3, -0.25) is 4.98 Å². The summed E-state index contributed by atoms with van der Waals surface area (Å²) >= 11 is 1.54. The monoisotopic (exact) mass is 273 g/mol. The highest BCUT2D eigenvalue weighted by molar-refractivity contribution is 7.16. The lowest BCUT2D eigenvalue weighted by Gasteiger charge is -1.90. The van der Waals surface area contributed by atoms with Gasteiger partial charge in [-0.05, 0) is 12.5 Å². The highest BCUT2D eigenvalue weighted by Crippen LogP contribution is 2.33. The van der Waals surface area contributed by atoms with Gasteiger partial charge in [0.25, 0.3) is 5.89 Å². The van der Waals surface area contributed by atoms with Crippen LogP contribution in [0.3, 0.4) is 0 Å². The number of anilines is 1. The summed E-state index contributed by atoms with van der Waals surface area (Å²) in [7, 11) is 0. The molecular weight excluding hydrogens is 262 g/mol. The first kappa shape index (κ1) is 11.8. The van der Waals surface area contributed by atoms with E-state index in [0.717, 1.165) is 12.0 Å². The van der Waals surface area contributed by atoms with E-state index in [4.69, 9.17) is 10.3 Å². The number of rotatable bonds is 3. The second kappa shape index (κ2) is 4.77. The maximum absolute atomic E-state index is 5.96. The van der Waals surface area contributed by atoms with Crippen LogP contribution in [0.2, 0.25) is 0 Å². The van der Waals surface area contributed by atoms with Crippen LogP contribution in [0.15, 0.2) is 29.2 Å². The number of aryl methyl sites for hydroxylation is 1. The minimum absolute atomic E-state index is 0.409. The third-order valence-electron chi connectivity index (χ3n) is 2.61. The molecule has 0 aromatic carbocycles. The minimum atomic E-state index is 0.409. The van der Waals surface area contributed by atoms with Gasteiger partial charge >= 0.3 is 0 Å². The zero-order valence-electron chi connectivity index (χ0n) is 10.2. The predicted octanol–water partition coefficient (Wildman–Crippen LogP) is 2.40. The zero-order chi connectivity index (χ0) is 13.2. The van der Waals surface area contributed by atoms with E-state index in [1.165, 1.54) is 16.2 Å². The Morgan fingerprint density at radius 1 is 1.37 bits per heavy atom. The molecule has 0 atom stereocenters. The van der Waals surface area contributed by atoms with E-state index in [-0.39, 0.29) is 0 Å². The molecule has 0 aliphatic rings. The van der Waals surface area contributed by atoms with Crippen molar-refractivity contribution in [1.82, 2.24) is 20.1 Å². The summed E-state index contributed by atoms with van der Waals surface area (Å²) in [5.41, 5.74) is 7.31. The molecule has 0 spiro atoms. The number of hydrogen-bond acceptors (Lipinski definition) is 7. The average molecular weight is 273 g/mol. The topological polar surface area (TPSA) is 90.7 Å². The van der Waals surface area contributed by atoms with Crippen molar-refractivity contribution in [2.75, 3.05) is 5.73 Å². The van der Waals surface area contributed by atoms with Gasteiger partial charge in [-0.2, -0.15) is 4.98 Å². The second-order valence-corrected chi connectivity index (χ2v) is 5.03. The van der Waals surface area contributed by atoms with Crippen LogP contribution in [0, 0.1) is 0 Å². The quantitative estimate of drug-likeness (QED) is 0.788. The van der Waals surface area contributed by atoms with E-state index in [1.54, 1.807) is 18.6 Å². The Labute approximate surface area is 113 Å². The Balaban J connectivity index is 1.99. The largest absolute Gasteiger partial charge is 0.390 e. The van der Waals surface area contributed by atoms with Crippen molar-refractivity contribution in [1.29, 1.82) is 0 Å². The highest BCUT2D eigenvalue weighted by Gasteiger charge is 2.16. The lowest BCUT2D eigenvalue weighted by atomic mass is 10.2. The smallest absolute Gasteiger partial charge is 0.261 e. The second-order valence-electron chi connectivity index (χ2n) is 3.86. The van der Waals surface area contributed by atoms with E-state index in [0.29, 0.717) is 22.4 Å². The van der Waals surface area contributed by atoms with E-state index in [2.05, 4.69) is 27.0 Å².